The fraction of sp³-hybridized carbons (Fsp3) is 0.167. The molecule has 0 unspecified atom stereocenters. The molecule has 0 atom stereocenters. The van der Waals surface area contributed by atoms with E-state index >= 15 is 0 Å². The van der Waals surface area contributed by atoms with Crippen molar-refractivity contribution in [2.24, 2.45) is 0 Å². The fourth-order valence-electron chi connectivity index (χ4n) is 8.71. The molecule has 178 valence electrons. The first-order valence-corrected chi connectivity index (χ1v) is 14.2. The van der Waals surface area contributed by atoms with Gasteiger partial charge in [0.15, 0.2) is 0 Å². The van der Waals surface area contributed by atoms with Gasteiger partial charge in [-0.15, -0.1) is 0 Å². The molecule has 4 aromatic heterocycles. The van der Waals surface area contributed by atoms with Crippen molar-refractivity contribution in [2.75, 3.05) is 0 Å². The third kappa shape index (κ3) is 1.89. The highest BCUT2D eigenvalue weighted by atomic mass is 14.9. The molecule has 2 aliphatic rings. The van der Waals surface area contributed by atoms with Crippen LogP contribution in [0.5, 0.6) is 0 Å². The van der Waals surface area contributed by atoms with Gasteiger partial charge in [-0.1, -0.05) is 36.4 Å². The highest BCUT2D eigenvalue weighted by Crippen LogP contribution is 2.52. The smallest absolute Gasteiger partial charge is 0.0634 e. The molecule has 0 amide bonds. The average Bonchev–Trinajstić information content (AvgIpc) is 3.77. The van der Waals surface area contributed by atoms with E-state index in [9.17, 15) is 0 Å². The summed E-state index contributed by atoms with van der Waals surface area (Å²) >= 11 is 0. The summed E-state index contributed by atoms with van der Waals surface area (Å²) in [6.45, 7) is 0. The predicted octanol–water partition coefficient (Wildman–Crippen LogP) is 8.96. The van der Waals surface area contributed by atoms with Crippen molar-refractivity contribution in [3.05, 3.63) is 95.1 Å². The Balaban J connectivity index is 1.57. The zero-order chi connectivity index (χ0) is 24.3. The highest BCUT2D eigenvalue weighted by Gasteiger charge is 2.29. The Labute approximate surface area is 218 Å². The minimum absolute atomic E-state index is 1.21. The van der Waals surface area contributed by atoms with Crippen LogP contribution in [0.4, 0.5) is 0 Å². The number of aryl methyl sites for hydroxylation is 4. The van der Waals surface area contributed by atoms with E-state index in [2.05, 4.69) is 81.6 Å². The topological polar surface area (TPSA) is 8.82 Å². The Morgan fingerprint density at radius 1 is 0.395 bits per heavy atom. The van der Waals surface area contributed by atoms with Gasteiger partial charge in [0.1, 0.15) is 0 Å². The predicted molar refractivity (Wildman–Crippen MR) is 160 cm³/mol. The molecule has 2 aliphatic carbocycles. The van der Waals surface area contributed by atoms with Crippen molar-refractivity contribution in [3.63, 3.8) is 0 Å². The van der Waals surface area contributed by atoms with E-state index in [0.717, 1.165) is 0 Å². The average molecular weight is 485 g/mol. The van der Waals surface area contributed by atoms with Crippen molar-refractivity contribution in [2.45, 2.75) is 38.5 Å². The minimum atomic E-state index is 1.21. The standard InChI is InChI=1S/C36H24N2/c1-3-13-27-23(11-1)31-33-25-15-19-7-5-10-22(19)18-30(25)38-28-14-4-2-12-24(28)32(36(33)38)34-26-16-20-8-6-9-21(20)17-29(26)37(27)35(31)34/h1-4,11-18H,5-10H2. The lowest BCUT2D eigenvalue weighted by molar-refractivity contribution is 0.912. The monoisotopic (exact) mass is 484 g/mol. The molecule has 0 spiro atoms. The van der Waals surface area contributed by atoms with Crippen LogP contribution in [0.1, 0.15) is 35.1 Å². The number of aromatic nitrogens is 2. The summed E-state index contributed by atoms with van der Waals surface area (Å²) < 4.78 is 5.22. The number of hydrogen-bond acceptors (Lipinski definition) is 0. The fourth-order valence-corrected chi connectivity index (χ4v) is 8.71. The summed E-state index contributed by atoms with van der Waals surface area (Å²) in [5.41, 5.74) is 14.5. The van der Waals surface area contributed by atoms with Crippen molar-refractivity contribution in [1.82, 2.24) is 8.80 Å². The molecule has 2 nitrogen and oxygen atoms in total. The maximum absolute atomic E-state index is 2.61. The zero-order valence-electron chi connectivity index (χ0n) is 21.1. The van der Waals surface area contributed by atoms with Crippen molar-refractivity contribution < 1.29 is 0 Å². The third-order valence-corrected chi connectivity index (χ3v) is 10.2. The van der Waals surface area contributed by atoms with Gasteiger partial charge in [-0.3, -0.25) is 0 Å². The highest BCUT2D eigenvalue weighted by molar-refractivity contribution is 6.45. The van der Waals surface area contributed by atoms with Crippen LogP contribution in [0.2, 0.25) is 0 Å². The lowest BCUT2D eigenvalue weighted by atomic mass is 9.96. The SMILES string of the molecule is c1ccc2c(c1)c1c3c4cc5c(cc4n4c6ccccc6c(c6c7cc8c(cc7n2c16)CCC8)c34)CCC5. The summed E-state index contributed by atoms with van der Waals surface area (Å²) in [5, 5.41) is 11.4. The second-order valence-corrected chi connectivity index (χ2v) is 11.9. The van der Waals surface area contributed by atoms with Gasteiger partial charge in [-0.05, 0) is 97.2 Å². The Bertz CT molecular complexity index is 2320. The first-order chi connectivity index (χ1) is 18.9. The lowest BCUT2D eigenvalue weighted by Crippen LogP contribution is -1.85. The normalized spacial score (nSPS) is 15.8. The van der Waals surface area contributed by atoms with Gasteiger partial charge < -0.3 is 8.80 Å². The van der Waals surface area contributed by atoms with Crippen LogP contribution in [-0.4, -0.2) is 8.80 Å². The van der Waals surface area contributed by atoms with Gasteiger partial charge >= 0.3 is 0 Å². The van der Waals surface area contributed by atoms with E-state index in [-0.39, 0.29) is 0 Å². The molecule has 0 saturated carbocycles. The molecule has 0 fully saturated rings. The van der Waals surface area contributed by atoms with Gasteiger partial charge in [-0.2, -0.15) is 0 Å². The number of fused-ring (bicyclic) bond motifs is 16. The molecule has 9 aromatic rings. The molecular weight excluding hydrogens is 460 g/mol. The molecule has 0 bridgehead atoms. The molecule has 0 saturated heterocycles. The molecule has 5 aromatic carbocycles. The second-order valence-electron chi connectivity index (χ2n) is 11.9. The molecule has 4 heterocycles. The second kappa shape index (κ2) is 6.05. The van der Waals surface area contributed by atoms with Gasteiger partial charge in [-0.25, -0.2) is 0 Å². The molecule has 2 heteroatoms. The van der Waals surface area contributed by atoms with E-state index in [1.165, 1.54) is 115 Å². The largest absolute Gasteiger partial charge is 0.308 e. The number of hydrogen-bond donors (Lipinski definition) is 0. The molecule has 0 N–H and O–H groups in total. The number of benzene rings is 5. The summed E-state index contributed by atoms with van der Waals surface area (Å²) in [7, 11) is 0. The molecule has 11 rings (SSSR count). The van der Waals surface area contributed by atoms with Gasteiger partial charge in [0, 0.05) is 43.1 Å². The molecular formula is C36H24N2. The van der Waals surface area contributed by atoms with Crippen molar-refractivity contribution >= 4 is 76.2 Å². The number of nitrogens with zero attached hydrogens (tertiary/aromatic N) is 2. The Hall–Kier alpha value is -4.30. The third-order valence-electron chi connectivity index (χ3n) is 10.2. The quantitative estimate of drug-likeness (QED) is 0.203. The summed E-state index contributed by atoms with van der Waals surface area (Å²) in [6.07, 6.45) is 7.39. The summed E-state index contributed by atoms with van der Waals surface area (Å²) in [4.78, 5) is 0. The minimum Gasteiger partial charge on any atom is -0.308 e. The number of rotatable bonds is 0. The van der Waals surface area contributed by atoms with Crippen LogP contribution in [0, 0.1) is 0 Å². The van der Waals surface area contributed by atoms with Crippen molar-refractivity contribution in [3.8, 4) is 0 Å². The Morgan fingerprint density at radius 2 is 0.789 bits per heavy atom. The van der Waals surface area contributed by atoms with E-state index in [1.807, 2.05) is 0 Å². The first-order valence-electron chi connectivity index (χ1n) is 14.2. The van der Waals surface area contributed by atoms with E-state index in [0.29, 0.717) is 0 Å². The van der Waals surface area contributed by atoms with Crippen molar-refractivity contribution in [1.29, 1.82) is 0 Å². The molecule has 0 radical (unpaired) electrons. The van der Waals surface area contributed by atoms with Gasteiger partial charge in [0.05, 0.1) is 33.1 Å². The van der Waals surface area contributed by atoms with Crippen LogP contribution in [0.15, 0.2) is 72.8 Å². The summed E-state index contributed by atoms with van der Waals surface area (Å²) in [6, 6.07) is 28.4. The Morgan fingerprint density at radius 3 is 1.26 bits per heavy atom. The Kier molecular flexibility index (Phi) is 3.00. The van der Waals surface area contributed by atoms with Crippen LogP contribution >= 0.6 is 0 Å². The van der Waals surface area contributed by atoms with E-state index in [1.54, 1.807) is 22.3 Å². The molecule has 0 aliphatic heterocycles. The van der Waals surface area contributed by atoms with E-state index < -0.39 is 0 Å². The van der Waals surface area contributed by atoms with E-state index in [4.69, 9.17) is 0 Å². The first kappa shape index (κ1) is 18.9. The van der Waals surface area contributed by atoms with Crippen LogP contribution < -0.4 is 0 Å². The zero-order valence-corrected chi connectivity index (χ0v) is 21.1. The lowest BCUT2D eigenvalue weighted by Gasteiger charge is -2.05. The van der Waals surface area contributed by atoms with Crippen LogP contribution in [-0.2, 0) is 25.7 Å². The number of para-hydroxylation sites is 2. The van der Waals surface area contributed by atoms with Gasteiger partial charge in [0.25, 0.3) is 0 Å². The van der Waals surface area contributed by atoms with Crippen LogP contribution in [0.25, 0.3) is 76.2 Å². The maximum atomic E-state index is 2.61. The van der Waals surface area contributed by atoms with Crippen LogP contribution in [0.3, 0.4) is 0 Å². The van der Waals surface area contributed by atoms with Gasteiger partial charge in [0.2, 0.25) is 0 Å². The summed E-state index contributed by atoms with van der Waals surface area (Å²) in [5.74, 6) is 0. The maximum Gasteiger partial charge on any atom is 0.0634 e. The molecule has 38 heavy (non-hydrogen) atoms.